The van der Waals surface area contributed by atoms with Gasteiger partial charge in [0.25, 0.3) is 0 Å². The average molecular weight is 347 g/mol. The van der Waals surface area contributed by atoms with Gasteiger partial charge < -0.3 is 15.2 Å². The van der Waals surface area contributed by atoms with Crippen molar-refractivity contribution in [3.8, 4) is 5.75 Å². The zero-order valence-electron chi connectivity index (χ0n) is 15.0. The summed E-state index contributed by atoms with van der Waals surface area (Å²) in [6, 6.07) is 27.9. The van der Waals surface area contributed by atoms with E-state index in [-0.39, 0.29) is 6.04 Å². The van der Waals surface area contributed by atoms with Gasteiger partial charge in [-0.05, 0) is 35.7 Å². The standard InChI is InChI=1S/C23H25NO2/c1-18(23(25)21-10-6-3-7-11-21)24-16-19-12-14-22(15-13-19)26-17-20-8-4-2-5-9-20/h2-15,18,23-25H,16-17H2,1H3/t18-,23+/m0/s1. The van der Waals surface area contributed by atoms with Crippen LogP contribution in [0.25, 0.3) is 0 Å². The van der Waals surface area contributed by atoms with Crippen LogP contribution >= 0.6 is 0 Å². The van der Waals surface area contributed by atoms with E-state index < -0.39 is 6.10 Å². The minimum Gasteiger partial charge on any atom is -0.489 e. The summed E-state index contributed by atoms with van der Waals surface area (Å²) in [5, 5.41) is 13.8. The molecule has 0 bridgehead atoms. The monoisotopic (exact) mass is 347 g/mol. The van der Waals surface area contributed by atoms with Crippen LogP contribution in [-0.2, 0) is 13.2 Å². The Morgan fingerprint density at radius 2 is 1.42 bits per heavy atom. The molecular weight excluding hydrogens is 322 g/mol. The van der Waals surface area contributed by atoms with E-state index in [1.807, 2.05) is 67.6 Å². The van der Waals surface area contributed by atoms with Gasteiger partial charge in [0.15, 0.2) is 0 Å². The quantitative estimate of drug-likeness (QED) is 0.631. The number of aliphatic hydroxyl groups is 1. The predicted octanol–water partition coefficient (Wildman–Crippen LogP) is 4.48. The predicted molar refractivity (Wildman–Crippen MR) is 105 cm³/mol. The fourth-order valence-corrected chi connectivity index (χ4v) is 2.77. The molecule has 3 heteroatoms. The lowest BCUT2D eigenvalue weighted by Crippen LogP contribution is -2.31. The number of ether oxygens (including phenoxy) is 1. The zero-order chi connectivity index (χ0) is 18.2. The maximum Gasteiger partial charge on any atom is 0.119 e. The smallest absolute Gasteiger partial charge is 0.119 e. The first-order valence-corrected chi connectivity index (χ1v) is 8.94. The lowest BCUT2D eigenvalue weighted by atomic mass is 10.0. The van der Waals surface area contributed by atoms with Crippen LogP contribution in [0.15, 0.2) is 84.9 Å². The van der Waals surface area contributed by atoms with Crippen LogP contribution in [0.1, 0.15) is 29.7 Å². The first kappa shape index (κ1) is 18.2. The summed E-state index contributed by atoms with van der Waals surface area (Å²) in [7, 11) is 0. The number of rotatable bonds is 8. The summed E-state index contributed by atoms with van der Waals surface area (Å²) >= 11 is 0. The first-order chi connectivity index (χ1) is 12.7. The molecule has 0 heterocycles. The Kier molecular flexibility index (Phi) is 6.42. The molecule has 3 aromatic carbocycles. The van der Waals surface area contributed by atoms with Crippen molar-refractivity contribution in [2.24, 2.45) is 0 Å². The first-order valence-electron chi connectivity index (χ1n) is 8.94. The Hall–Kier alpha value is -2.62. The summed E-state index contributed by atoms with van der Waals surface area (Å²) in [6.45, 7) is 3.26. The van der Waals surface area contributed by atoms with Gasteiger partial charge in [-0.2, -0.15) is 0 Å². The highest BCUT2D eigenvalue weighted by Crippen LogP contribution is 2.18. The number of aliphatic hydroxyl groups excluding tert-OH is 1. The van der Waals surface area contributed by atoms with Crippen molar-refractivity contribution in [3.63, 3.8) is 0 Å². The van der Waals surface area contributed by atoms with Crippen molar-refractivity contribution in [1.82, 2.24) is 5.32 Å². The summed E-state index contributed by atoms with van der Waals surface area (Å²) in [4.78, 5) is 0. The van der Waals surface area contributed by atoms with Crippen LogP contribution in [0.5, 0.6) is 5.75 Å². The molecule has 0 aliphatic rings. The molecular formula is C23H25NO2. The molecule has 26 heavy (non-hydrogen) atoms. The summed E-state index contributed by atoms with van der Waals surface area (Å²) < 4.78 is 5.81. The Labute approximate surface area is 155 Å². The van der Waals surface area contributed by atoms with E-state index in [0.29, 0.717) is 13.2 Å². The van der Waals surface area contributed by atoms with Crippen LogP contribution in [0.4, 0.5) is 0 Å². The fourth-order valence-electron chi connectivity index (χ4n) is 2.77. The van der Waals surface area contributed by atoms with Crippen LogP contribution < -0.4 is 10.1 Å². The Morgan fingerprint density at radius 3 is 2.08 bits per heavy atom. The third-order valence-electron chi connectivity index (χ3n) is 4.41. The maximum absolute atomic E-state index is 10.4. The van der Waals surface area contributed by atoms with Crippen molar-refractivity contribution >= 4 is 0 Å². The highest BCUT2D eigenvalue weighted by molar-refractivity contribution is 5.28. The molecule has 2 atom stereocenters. The molecule has 0 saturated carbocycles. The highest BCUT2D eigenvalue weighted by Gasteiger charge is 2.15. The minimum atomic E-state index is -0.523. The van der Waals surface area contributed by atoms with E-state index in [2.05, 4.69) is 29.6 Å². The van der Waals surface area contributed by atoms with Gasteiger partial charge in [0.1, 0.15) is 12.4 Å². The summed E-state index contributed by atoms with van der Waals surface area (Å²) in [5.74, 6) is 0.856. The molecule has 0 radical (unpaired) electrons. The second-order valence-corrected chi connectivity index (χ2v) is 6.44. The van der Waals surface area contributed by atoms with E-state index in [4.69, 9.17) is 4.74 Å². The molecule has 3 nitrogen and oxygen atoms in total. The van der Waals surface area contributed by atoms with Crippen molar-refractivity contribution in [2.75, 3.05) is 0 Å². The highest BCUT2D eigenvalue weighted by atomic mass is 16.5. The molecule has 0 aromatic heterocycles. The molecule has 0 aliphatic heterocycles. The van der Waals surface area contributed by atoms with Crippen molar-refractivity contribution in [3.05, 3.63) is 102 Å². The van der Waals surface area contributed by atoms with E-state index in [1.54, 1.807) is 0 Å². The molecule has 0 aliphatic carbocycles. The van der Waals surface area contributed by atoms with E-state index in [9.17, 15) is 5.11 Å². The third-order valence-corrected chi connectivity index (χ3v) is 4.41. The van der Waals surface area contributed by atoms with Crippen LogP contribution in [0.2, 0.25) is 0 Å². The molecule has 0 unspecified atom stereocenters. The van der Waals surface area contributed by atoms with Crippen LogP contribution in [-0.4, -0.2) is 11.1 Å². The number of hydrogen-bond acceptors (Lipinski definition) is 3. The molecule has 3 rings (SSSR count). The van der Waals surface area contributed by atoms with Gasteiger partial charge in [0, 0.05) is 12.6 Å². The Bertz CT molecular complexity index is 772. The molecule has 3 aromatic rings. The molecule has 0 fully saturated rings. The normalized spacial score (nSPS) is 13.2. The molecule has 134 valence electrons. The zero-order valence-corrected chi connectivity index (χ0v) is 15.0. The van der Waals surface area contributed by atoms with Gasteiger partial charge in [-0.25, -0.2) is 0 Å². The number of benzene rings is 3. The van der Waals surface area contributed by atoms with Gasteiger partial charge in [0.2, 0.25) is 0 Å². The van der Waals surface area contributed by atoms with Crippen molar-refractivity contribution < 1.29 is 9.84 Å². The molecule has 2 N–H and O–H groups in total. The Morgan fingerprint density at radius 1 is 0.808 bits per heavy atom. The van der Waals surface area contributed by atoms with Gasteiger partial charge in [-0.3, -0.25) is 0 Å². The van der Waals surface area contributed by atoms with Crippen LogP contribution in [0.3, 0.4) is 0 Å². The Balaban J connectivity index is 1.48. The number of nitrogens with one attached hydrogen (secondary N) is 1. The lowest BCUT2D eigenvalue weighted by molar-refractivity contribution is 0.135. The van der Waals surface area contributed by atoms with E-state index in [1.165, 1.54) is 0 Å². The van der Waals surface area contributed by atoms with Crippen molar-refractivity contribution in [1.29, 1.82) is 0 Å². The molecule has 0 saturated heterocycles. The van der Waals surface area contributed by atoms with Gasteiger partial charge in [0.05, 0.1) is 6.10 Å². The largest absolute Gasteiger partial charge is 0.489 e. The number of hydrogen-bond donors (Lipinski definition) is 2. The second-order valence-electron chi connectivity index (χ2n) is 6.44. The van der Waals surface area contributed by atoms with Gasteiger partial charge >= 0.3 is 0 Å². The van der Waals surface area contributed by atoms with Gasteiger partial charge in [-0.1, -0.05) is 72.8 Å². The van der Waals surface area contributed by atoms with E-state index in [0.717, 1.165) is 22.4 Å². The SMILES string of the molecule is C[C@H](NCc1ccc(OCc2ccccc2)cc1)[C@@H](O)c1ccccc1. The van der Waals surface area contributed by atoms with Gasteiger partial charge in [-0.15, -0.1) is 0 Å². The summed E-state index contributed by atoms with van der Waals surface area (Å²) in [5.41, 5.74) is 3.24. The average Bonchev–Trinajstić information content (AvgIpc) is 2.72. The maximum atomic E-state index is 10.4. The molecule has 0 amide bonds. The second kappa shape index (κ2) is 9.18. The molecule has 0 spiro atoms. The fraction of sp³-hybridized carbons (Fsp3) is 0.217. The lowest BCUT2D eigenvalue weighted by Gasteiger charge is -2.20. The van der Waals surface area contributed by atoms with Crippen LogP contribution in [0, 0.1) is 0 Å². The third kappa shape index (κ3) is 5.19. The minimum absolute atomic E-state index is 0.0357. The van der Waals surface area contributed by atoms with Crippen molar-refractivity contribution in [2.45, 2.75) is 32.2 Å². The topological polar surface area (TPSA) is 41.5 Å². The van der Waals surface area contributed by atoms with E-state index >= 15 is 0 Å². The summed E-state index contributed by atoms with van der Waals surface area (Å²) in [6.07, 6.45) is -0.523.